The molecule has 1 amide bonds. The summed E-state index contributed by atoms with van der Waals surface area (Å²) in [5.41, 5.74) is 2.23. The Hall–Kier alpha value is -2.44. The maximum atomic E-state index is 13.5. The SMILES string of the molecule is CC1CN(Cc2cccc(CNC(=O)COc3ccccc3F)c2)CCO1. The van der Waals surface area contributed by atoms with E-state index in [-0.39, 0.29) is 24.4 Å². The second-order valence-electron chi connectivity index (χ2n) is 6.73. The van der Waals surface area contributed by atoms with E-state index in [1.165, 1.54) is 17.7 Å². The van der Waals surface area contributed by atoms with Crippen LogP contribution < -0.4 is 10.1 Å². The molecule has 1 aliphatic heterocycles. The lowest BCUT2D eigenvalue weighted by molar-refractivity contribution is -0.123. The number of ether oxygens (including phenoxy) is 2. The van der Waals surface area contributed by atoms with Crippen LogP contribution >= 0.6 is 0 Å². The number of para-hydroxylation sites is 1. The van der Waals surface area contributed by atoms with Crippen LogP contribution in [0.3, 0.4) is 0 Å². The van der Waals surface area contributed by atoms with Crippen LogP contribution in [0.15, 0.2) is 48.5 Å². The van der Waals surface area contributed by atoms with Crippen molar-refractivity contribution in [2.24, 2.45) is 0 Å². The molecule has 1 aliphatic rings. The van der Waals surface area contributed by atoms with Crippen LogP contribution in [-0.4, -0.2) is 43.2 Å². The molecule has 1 heterocycles. The highest BCUT2D eigenvalue weighted by Crippen LogP contribution is 2.15. The van der Waals surface area contributed by atoms with E-state index in [0.717, 1.165) is 31.8 Å². The summed E-state index contributed by atoms with van der Waals surface area (Å²) in [5, 5.41) is 2.81. The largest absolute Gasteiger partial charge is 0.481 e. The standard InChI is InChI=1S/C21H25FN2O3/c1-16-13-24(9-10-26-16)14-18-6-4-5-17(11-18)12-23-21(25)15-27-20-8-3-2-7-19(20)22/h2-8,11,16H,9-10,12-15H2,1H3,(H,23,25). The van der Waals surface area contributed by atoms with E-state index < -0.39 is 5.82 Å². The van der Waals surface area contributed by atoms with Gasteiger partial charge in [-0.2, -0.15) is 0 Å². The molecule has 0 aliphatic carbocycles. The minimum Gasteiger partial charge on any atom is -0.481 e. The van der Waals surface area contributed by atoms with Crippen LogP contribution in [0.5, 0.6) is 5.75 Å². The Morgan fingerprint density at radius 3 is 2.89 bits per heavy atom. The molecule has 0 saturated carbocycles. The zero-order valence-electron chi connectivity index (χ0n) is 15.5. The van der Waals surface area contributed by atoms with Gasteiger partial charge < -0.3 is 14.8 Å². The van der Waals surface area contributed by atoms with E-state index in [4.69, 9.17) is 9.47 Å². The molecule has 27 heavy (non-hydrogen) atoms. The number of benzene rings is 2. The van der Waals surface area contributed by atoms with Crippen LogP contribution in [0.25, 0.3) is 0 Å². The smallest absolute Gasteiger partial charge is 0.258 e. The van der Waals surface area contributed by atoms with Gasteiger partial charge in [-0.3, -0.25) is 9.69 Å². The predicted molar refractivity (Wildman–Crippen MR) is 101 cm³/mol. The second-order valence-corrected chi connectivity index (χ2v) is 6.73. The first-order chi connectivity index (χ1) is 13.1. The summed E-state index contributed by atoms with van der Waals surface area (Å²) in [6.45, 7) is 5.76. The van der Waals surface area contributed by atoms with Crippen LogP contribution in [0.4, 0.5) is 4.39 Å². The van der Waals surface area contributed by atoms with Crippen molar-refractivity contribution < 1.29 is 18.7 Å². The third kappa shape index (κ3) is 6.05. The lowest BCUT2D eigenvalue weighted by Gasteiger charge is -2.31. The van der Waals surface area contributed by atoms with Gasteiger partial charge in [-0.15, -0.1) is 0 Å². The molecule has 144 valence electrons. The molecule has 1 fully saturated rings. The van der Waals surface area contributed by atoms with Crippen molar-refractivity contribution in [1.82, 2.24) is 10.2 Å². The van der Waals surface area contributed by atoms with Gasteiger partial charge in [0.1, 0.15) is 0 Å². The number of carbonyl (C=O) groups excluding carboxylic acids is 1. The molecule has 0 radical (unpaired) electrons. The molecule has 6 heteroatoms. The number of carbonyl (C=O) groups is 1. The van der Waals surface area contributed by atoms with Gasteiger partial charge in [-0.25, -0.2) is 4.39 Å². The number of nitrogens with one attached hydrogen (secondary N) is 1. The number of hydrogen-bond acceptors (Lipinski definition) is 4. The van der Waals surface area contributed by atoms with Crippen LogP contribution in [0.1, 0.15) is 18.1 Å². The maximum absolute atomic E-state index is 13.5. The first kappa shape index (κ1) is 19.3. The minimum absolute atomic E-state index is 0.0781. The van der Waals surface area contributed by atoms with Gasteiger partial charge in [0, 0.05) is 26.2 Å². The average Bonchev–Trinajstić information content (AvgIpc) is 2.66. The summed E-state index contributed by atoms with van der Waals surface area (Å²) >= 11 is 0. The highest BCUT2D eigenvalue weighted by Gasteiger charge is 2.16. The Labute approximate surface area is 159 Å². The molecule has 0 spiro atoms. The van der Waals surface area contributed by atoms with Crippen molar-refractivity contribution in [2.45, 2.75) is 26.1 Å². The van der Waals surface area contributed by atoms with Crippen molar-refractivity contribution in [3.05, 3.63) is 65.5 Å². The monoisotopic (exact) mass is 372 g/mol. The molecule has 0 bridgehead atoms. The Morgan fingerprint density at radius 1 is 1.26 bits per heavy atom. The summed E-state index contributed by atoms with van der Waals surface area (Å²) in [6, 6.07) is 14.2. The molecular weight excluding hydrogens is 347 g/mol. The van der Waals surface area contributed by atoms with E-state index in [9.17, 15) is 9.18 Å². The zero-order chi connectivity index (χ0) is 19.1. The number of nitrogens with zero attached hydrogens (tertiary/aromatic N) is 1. The van der Waals surface area contributed by atoms with Gasteiger partial charge in [-0.1, -0.05) is 36.4 Å². The fourth-order valence-corrected chi connectivity index (χ4v) is 3.09. The van der Waals surface area contributed by atoms with Crippen molar-refractivity contribution in [1.29, 1.82) is 0 Å². The highest BCUT2D eigenvalue weighted by molar-refractivity contribution is 5.77. The van der Waals surface area contributed by atoms with Crippen LogP contribution in [-0.2, 0) is 22.6 Å². The first-order valence-corrected chi connectivity index (χ1v) is 9.16. The molecule has 1 N–H and O–H groups in total. The van der Waals surface area contributed by atoms with Gasteiger partial charge in [0.05, 0.1) is 12.7 Å². The summed E-state index contributed by atoms with van der Waals surface area (Å²) in [6.07, 6.45) is 0.260. The summed E-state index contributed by atoms with van der Waals surface area (Å²) in [7, 11) is 0. The number of morpholine rings is 1. The van der Waals surface area contributed by atoms with E-state index in [1.54, 1.807) is 12.1 Å². The third-order valence-electron chi connectivity index (χ3n) is 4.41. The average molecular weight is 372 g/mol. The van der Waals surface area contributed by atoms with E-state index in [0.29, 0.717) is 6.54 Å². The number of halogens is 1. The second kappa shape index (κ2) is 9.48. The van der Waals surface area contributed by atoms with Crippen molar-refractivity contribution in [2.75, 3.05) is 26.3 Å². The fraction of sp³-hybridized carbons (Fsp3) is 0.381. The van der Waals surface area contributed by atoms with Gasteiger partial charge >= 0.3 is 0 Å². The molecular formula is C21H25FN2O3. The normalized spacial score (nSPS) is 17.5. The van der Waals surface area contributed by atoms with E-state index >= 15 is 0 Å². The van der Waals surface area contributed by atoms with Gasteiger partial charge in [-0.05, 0) is 30.2 Å². The molecule has 1 saturated heterocycles. The molecule has 1 unspecified atom stereocenters. The molecule has 5 nitrogen and oxygen atoms in total. The minimum atomic E-state index is -0.476. The molecule has 3 rings (SSSR count). The van der Waals surface area contributed by atoms with E-state index in [1.807, 2.05) is 12.1 Å². The van der Waals surface area contributed by atoms with Gasteiger partial charge in [0.15, 0.2) is 18.2 Å². The van der Waals surface area contributed by atoms with Gasteiger partial charge in [0.2, 0.25) is 0 Å². The predicted octanol–water partition coefficient (Wildman–Crippen LogP) is 2.74. The quantitative estimate of drug-likeness (QED) is 0.812. The van der Waals surface area contributed by atoms with Gasteiger partial charge in [0.25, 0.3) is 5.91 Å². The topological polar surface area (TPSA) is 50.8 Å². The Morgan fingerprint density at radius 2 is 2.07 bits per heavy atom. The maximum Gasteiger partial charge on any atom is 0.258 e. The Kier molecular flexibility index (Phi) is 6.79. The van der Waals surface area contributed by atoms with Crippen LogP contribution in [0.2, 0.25) is 0 Å². The first-order valence-electron chi connectivity index (χ1n) is 9.16. The molecule has 2 aromatic carbocycles. The number of hydrogen-bond donors (Lipinski definition) is 1. The Balaban J connectivity index is 1.46. The summed E-state index contributed by atoms with van der Waals surface area (Å²) in [5.74, 6) is -0.685. The number of rotatable bonds is 7. The summed E-state index contributed by atoms with van der Waals surface area (Å²) < 4.78 is 24.3. The molecule has 2 aromatic rings. The summed E-state index contributed by atoms with van der Waals surface area (Å²) in [4.78, 5) is 14.3. The Bertz CT molecular complexity index is 769. The van der Waals surface area contributed by atoms with Crippen molar-refractivity contribution in [3.8, 4) is 5.75 Å². The van der Waals surface area contributed by atoms with E-state index in [2.05, 4.69) is 29.3 Å². The van der Waals surface area contributed by atoms with Crippen LogP contribution in [0, 0.1) is 5.82 Å². The lowest BCUT2D eigenvalue weighted by atomic mass is 10.1. The van der Waals surface area contributed by atoms with Crippen molar-refractivity contribution >= 4 is 5.91 Å². The number of amides is 1. The van der Waals surface area contributed by atoms with Crippen molar-refractivity contribution in [3.63, 3.8) is 0 Å². The molecule has 0 aromatic heterocycles. The third-order valence-corrected chi connectivity index (χ3v) is 4.41. The lowest BCUT2D eigenvalue weighted by Crippen LogP contribution is -2.40. The highest BCUT2D eigenvalue weighted by atomic mass is 19.1. The zero-order valence-corrected chi connectivity index (χ0v) is 15.5. The molecule has 1 atom stereocenters. The fourth-order valence-electron chi connectivity index (χ4n) is 3.09.